The summed E-state index contributed by atoms with van der Waals surface area (Å²) >= 11 is 1.04. The first-order valence-electron chi connectivity index (χ1n) is 7.05. The maximum absolute atomic E-state index is 11.7. The molecule has 7 heteroatoms. The fourth-order valence-electron chi connectivity index (χ4n) is 2.15. The summed E-state index contributed by atoms with van der Waals surface area (Å²) in [6, 6.07) is 13.9. The monoisotopic (exact) mass is 339 g/mol. The molecular weight excluding hydrogens is 326 g/mol. The molecule has 0 spiro atoms. The predicted octanol–water partition coefficient (Wildman–Crippen LogP) is 2.45. The van der Waals surface area contributed by atoms with Crippen LogP contribution in [0.15, 0.2) is 63.6 Å². The normalized spacial score (nSPS) is 17.8. The van der Waals surface area contributed by atoms with Crippen molar-refractivity contribution < 1.29 is 14.3 Å². The van der Waals surface area contributed by atoms with Crippen LogP contribution in [0.3, 0.4) is 0 Å². The van der Waals surface area contributed by atoms with Gasteiger partial charge in [-0.25, -0.2) is 4.79 Å². The number of amides is 1. The van der Waals surface area contributed by atoms with E-state index >= 15 is 0 Å². The van der Waals surface area contributed by atoms with Gasteiger partial charge in [-0.05, 0) is 22.5 Å². The minimum absolute atomic E-state index is 0.223. The highest BCUT2D eigenvalue weighted by Crippen LogP contribution is 2.23. The van der Waals surface area contributed by atoms with Gasteiger partial charge in [0.05, 0.1) is 18.2 Å². The van der Waals surface area contributed by atoms with Gasteiger partial charge in [-0.2, -0.15) is 5.10 Å². The van der Waals surface area contributed by atoms with Crippen molar-refractivity contribution in [1.82, 2.24) is 5.32 Å². The molecule has 2 aromatic carbocycles. The van der Waals surface area contributed by atoms with Gasteiger partial charge in [-0.15, -0.1) is 5.10 Å². The van der Waals surface area contributed by atoms with Crippen LogP contribution in [0.5, 0.6) is 0 Å². The van der Waals surface area contributed by atoms with E-state index in [0.717, 1.165) is 34.2 Å². The van der Waals surface area contributed by atoms with Gasteiger partial charge in [0.1, 0.15) is 0 Å². The molecule has 1 saturated heterocycles. The van der Waals surface area contributed by atoms with E-state index in [1.54, 1.807) is 6.21 Å². The van der Waals surface area contributed by atoms with Crippen molar-refractivity contribution in [3.05, 3.63) is 59.0 Å². The minimum Gasteiger partial charge on any atom is -0.466 e. The molecule has 120 valence electrons. The average molecular weight is 339 g/mol. The molecule has 1 N–H and O–H groups in total. The number of hydrogen-bond donors (Lipinski definition) is 1. The van der Waals surface area contributed by atoms with Crippen molar-refractivity contribution in [2.24, 2.45) is 10.2 Å². The van der Waals surface area contributed by atoms with Crippen molar-refractivity contribution in [2.75, 3.05) is 7.11 Å². The summed E-state index contributed by atoms with van der Waals surface area (Å²) in [5.74, 6) is -0.988. The largest absolute Gasteiger partial charge is 0.466 e. The summed E-state index contributed by atoms with van der Waals surface area (Å²) in [5, 5.41) is 13.0. The molecule has 24 heavy (non-hydrogen) atoms. The topological polar surface area (TPSA) is 80.1 Å². The SMILES string of the molecule is COC(=O)/C=C1/S/C(=N\N=Cc2cccc3ccccc23)NC1=O. The van der Waals surface area contributed by atoms with E-state index in [2.05, 4.69) is 20.3 Å². The third-order valence-corrected chi connectivity index (χ3v) is 4.17. The first-order chi connectivity index (χ1) is 11.7. The molecule has 3 rings (SSSR count). The average Bonchev–Trinajstić information content (AvgIpc) is 2.94. The second-order valence-corrected chi connectivity index (χ2v) is 5.84. The smallest absolute Gasteiger partial charge is 0.331 e. The first kappa shape index (κ1) is 15.9. The molecule has 0 aromatic heterocycles. The number of fused-ring (bicyclic) bond motifs is 1. The Labute approximate surface area is 142 Å². The van der Waals surface area contributed by atoms with Crippen molar-refractivity contribution >= 4 is 45.8 Å². The van der Waals surface area contributed by atoms with Crippen molar-refractivity contribution in [3.8, 4) is 0 Å². The van der Waals surface area contributed by atoms with Gasteiger partial charge in [-0.1, -0.05) is 42.5 Å². The maximum atomic E-state index is 11.7. The summed E-state index contributed by atoms with van der Waals surface area (Å²) in [6.45, 7) is 0. The van der Waals surface area contributed by atoms with Crippen molar-refractivity contribution in [1.29, 1.82) is 0 Å². The first-order valence-corrected chi connectivity index (χ1v) is 7.86. The van der Waals surface area contributed by atoms with Gasteiger partial charge >= 0.3 is 5.97 Å². The van der Waals surface area contributed by atoms with E-state index in [4.69, 9.17) is 0 Å². The Morgan fingerprint density at radius 3 is 2.83 bits per heavy atom. The number of carbonyl (C=O) groups is 2. The van der Waals surface area contributed by atoms with Crippen LogP contribution >= 0.6 is 11.8 Å². The molecule has 1 heterocycles. The Kier molecular flexibility index (Phi) is 4.72. The highest BCUT2D eigenvalue weighted by atomic mass is 32.2. The molecule has 1 fully saturated rings. The van der Waals surface area contributed by atoms with Crippen LogP contribution in [0.2, 0.25) is 0 Å². The number of methoxy groups -OCH3 is 1. The second-order valence-electron chi connectivity index (χ2n) is 4.81. The van der Waals surface area contributed by atoms with Crippen LogP contribution < -0.4 is 5.32 Å². The number of nitrogens with one attached hydrogen (secondary N) is 1. The Hall–Kier alpha value is -2.93. The standard InChI is InChI=1S/C17H13N3O3S/c1-23-15(21)9-14-16(22)19-17(24-14)20-18-10-12-7-4-6-11-5-2-3-8-13(11)12/h2-10H,1H3,(H,19,20,22)/b14-9+,18-10?. The van der Waals surface area contributed by atoms with E-state index in [1.807, 2.05) is 42.5 Å². The summed E-state index contributed by atoms with van der Waals surface area (Å²) in [7, 11) is 1.25. The number of nitrogens with zero attached hydrogens (tertiary/aromatic N) is 2. The van der Waals surface area contributed by atoms with E-state index < -0.39 is 11.9 Å². The van der Waals surface area contributed by atoms with Crippen LogP contribution in [0, 0.1) is 0 Å². The van der Waals surface area contributed by atoms with E-state index in [9.17, 15) is 9.59 Å². The number of ether oxygens (including phenoxy) is 1. The van der Waals surface area contributed by atoms with Crippen molar-refractivity contribution in [3.63, 3.8) is 0 Å². The Balaban J connectivity index is 1.78. The van der Waals surface area contributed by atoms with Gasteiger partial charge in [-0.3, -0.25) is 10.1 Å². The van der Waals surface area contributed by atoms with Crippen LogP contribution in [0.25, 0.3) is 10.8 Å². The summed E-state index contributed by atoms with van der Waals surface area (Å²) in [5.41, 5.74) is 0.928. The molecule has 1 aliphatic heterocycles. The van der Waals surface area contributed by atoms with Gasteiger partial charge in [0.15, 0.2) is 5.17 Å². The Morgan fingerprint density at radius 1 is 1.21 bits per heavy atom. The van der Waals surface area contributed by atoms with Crippen LogP contribution in [0.4, 0.5) is 0 Å². The van der Waals surface area contributed by atoms with Crippen molar-refractivity contribution in [2.45, 2.75) is 0 Å². The highest BCUT2D eigenvalue weighted by Gasteiger charge is 2.24. The Bertz CT molecular complexity index is 898. The molecule has 0 saturated carbocycles. The number of thioether (sulfide) groups is 1. The van der Waals surface area contributed by atoms with Crippen LogP contribution in [0.1, 0.15) is 5.56 Å². The molecule has 6 nitrogen and oxygen atoms in total. The lowest BCUT2D eigenvalue weighted by Crippen LogP contribution is -2.19. The zero-order valence-electron chi connectivity index (χ0n) is 12.7. The number of hydrogen-bond acceptors (Lipinski definition) is 6. The molecular formula is C17H13N3O3S. The number of benzene rings is 2. The van der Waals surface area contributed by atoms with Gasteiger partial charge in [0.25, 0.3) is 5.91 Å². The molecule has 0 aliphatic carbocycles. The summed E-state index contributed by atoms with van der Waals surface area (Å²) in [6.07, 6.45) is 2.75. The lowest BCUT2D eigenvalue weighted by Gasteiger charge is -2.00. The zero-order chi connectivity index (χ0) is 16.9. The molecule has 0 bridgehead atoms. The van der Waals surface area contributed by atoms with E-state index in [-0.39, 0.29) is 4.91 Å². The zero-order valence-corrected chi connectivity index (χ0v) is 13.5. The third kappa shape index (κ3) is 3.52. The number of esters is 1. The molecule has 0 atom stereocenters. The summed E-state index contributed by atoms with van der Waals surface area (Å²) < 4.78 is 4.50. The molecule has 0 unspecified atom stereocenters. The lowest BCUT2D eigenvalue weighted by molar-refractivity contribution is -0.135. The third-order valence-electron chi connectivity index (χ3n) is 3.27. The van der Waals surface area contributed by atoms with E-state index in [1.165, 1.54) is 7.11 Å². The molecule has 2 aromatic rings. The number of amidine groups is 1. The number of rotatable bonds is 3. The van der Waals surface area contributed by atoms with Crippen LogP contribution in [-0.4, -0.2) is 30.4 Å². The second kappa shape index (κ2) is 7.10. The van der Waals surface area contributed by atoms with Gasteiger partial charge in [0.2, 0.25) is 0 Å². The molecule has 1 amide bonds. The van der Waals surface area contributed by atoms with Crippen LogP contribution in [-0.2, 0) is 14.3 Å². The Morgan fingerprint density at radius 2 is 2.00 bits per heavy atom. The highest BCUT2D eigenvalue weighted by molar-refractivity contribution is 8.18. The molecule has 1 aliphatic rings. The minimum atomic E-state index is -0.590. The van der Waals surface area contributed by atoms with Gasteiger partial charge < -0.3 is 4.74 Å². The predicted molar refractivity (Wildman–Crippen MR) is 94.8 cm³/mol. The van der Waals surface area contributed by atoms with E-state index in [0.29, 0.717) is 5.17 Å². The fourth-order valence-corrected chi connectivity index (χ4v) is 2.89. The maximum Gasteiger partial charge on any atom is 0.331 e. The van der Waals surface area contributed by atoms with Gasteiger partial charge in [0, 0.05) is 11.6 Å². The lowest BCUT2D eigenvalue weighted by atomic mass is 10.1. The number of carbonyl (C=O) groups excluding carboxylic acids is 2. The fraction of sp³-hybridized carbons (Fsp3) is 0.0588. The quantitative estimate of drug-likeness (QED) is 0.403. The summed E-state index contributed by atoms with van der Waals surface area (Å²) in [4.78, 5) is 23.1. The molecule has 0 radical (unpaired) electrons.